The highest BCUT2D eigenvalue weighted by molar-refractivity contribution is 7.71. The maximum absolute atomic E-state index is 11.6. The summed E-state index contributed by atoms with van der Waals surface area (Å²) in [4.78, 5) is 22.2. The number of hydrogen-bond acceptors (Lipinski definition) is 5. The van der Waals surface area contributed by atoms with Crippen molar-refractivity contribution in [2.45, 2.75) is 0 Å². The van der Waals surface area contributed by atoms with Crippen LogP contribution in [0, 0.1) is 4.77 Å². The van der Waals surface area contributed by atoms with Crippen molar-refractivity contribution in [2.75, 3.05) is 7.11 Å². The summed E-state index contributed by atoms with van der Waals surface area (Å²) in [7, 11) is 1.45. The number of aromatic amines is 1. The summed E-state index contributed by atoms with van der Waals surface area (Å²) in [6.45, 7) is 0. The standard InChI is InChI=1S/C9H8N4O2S/c1-15-8-10-4-2-6(12-8)13-7(14)3-5-11-9(13)16/h2-5H,1H3,(H,11,16). The Morgan fingerprint density at radius 3 is 3.00 bits per heavy atom. The molecule has 0 aromatic carbocycles. The van der Waals surface area contributed by atoms with Crippen LogP contribution in [0.25, 0.3) is 5.82 Å². The quantitative estimate of drug-likeness (QED) is 0.777. The molecule has 0 amide bonds. The van der Waals surface area contributed by atoms with E-state index in [-0.39, 0.29) is 16.3 Å². The van der Waals surface area contributed by atoms with Gasteiger partial charge in [0.05, 0.1) is 7.11 Å². The van der Waals surface area contributed by atoms with Gasteiger partial charge in [-0.2, -0.15) is 4.98 Å². The first-order valence-electron chi connectivity index (χ1n) is 4.40. The van der Waals surface area contributed by atoms with Crippen molar-refractivity contribution in [3.05, 3.63) is 39.7 Å². The molecule has 2 heterocycles. The zero-order valence-corrected chi connectivity index (χ0v) is 9.19. The number of methoxy groups -OCH3 is 1. The molecule has 2 rings (SSSR count). The van der Waals surface area contributed by atoms with Gasteiger partial charge in [0.25, 0.3) is 5.56 Å². The summed E-state index contributed by atoms with van der Waals surface area (Å²) in [5.74, 6) is 0.374. The molecule has 0 fully saturated rings. The Morgan fingerprint density at radius 1 is 1.50 bits per heavy atom. The highest BCUT2D eigenvalue weighted by Crippen LogP contribution is 2.05. The van der Waals surface area contributed by atoms with Gasteiger partial charge in [-0.05, 0) is 12.2 Å². The summed E-state index contributed by atoms with van der Waals surface area (Å²) in [5, 5.41) is 0. The molecular formula is C9H8N4O2S. The molecule has 0 saturated heterocycles. The second-order valence-electron chi connectivity index (χ2n) is 2.86. The lowest BCUT2D eigenvalue weighted by molar-refractivity contribution is 0.379. The highest BCUT2D eigenvalue weighted by atomic mass is 32.1. The first kappa shape index (κ1) is 10.5. The Kier molecular flexibility index (Phi) is 2.78. The van der Waals surface area contributed by atoms with Crippen LogP contribution in [-0.2, 0) is 0 Å². The third-order valence-electron chi connectivity index (χ3n) is 1.89. The molecule has 0 radical (unpaired) electrons. The van der Waals surface area contributed by atoms with Gasteiger partial charge < -0.3 is 9.72 Å². The minimum absolute atomic E-state index is 0.183. The van der Waals surface area contributed by atoms with Crippen molar-refractivity contribution in [1.82, 2.24) is 19.5 Å². The summed E-state index contributed by atoms with van der Waals surface area (Å²) >= 11 is 5.01. The van der Waals surface area contributed by atoms with E-state index in [1.807, 2.05) is 0 Å². The predicted molar refractivity (Wildman–Crippen MR) is 59.4 cm³/mol. The predicted octanol–water partition coefficient (Wildman–Crippen LogP) is 0.694. The fourth-order valence-electron chi connectivity index (χ4n) is 1.20. The first-order valence-corrected chi connectivity index (χ1v) is 4.81. The van der Waals surface area contributed by atoms with Gasteiger partial charge in [0.2, 0.25) is 0 Å². The fraction of sp³-hybridized carbons (Fsp3) is 0.111. The maximum atomic E-state index is 11.6. The van der Waals surface area contributed by atoms with Crippen molar-refractivity contribution in [2.24, 2.45) is 0 Å². The zero-order valence-electron chi connectivity index (χ0n) is 8.38. The summed E-state index contributed by atoms with van der Waals surface area (Å²) < 4.78 is 6.41. The molecule has 2 aromatic heterocycles. The van der Waals surface area contributed by atoms with Crippen LogP contribution in [0.5, 0.6) is 6.01 Å². The molecule has 6 nitrogen and oxygen atoms in total. The number of nitrogens with zero attached hydrogens (tertiary/aromatic N) is 3. The molecule has 0 bridgehead atoms. The van der Waals surface area contributed by atoms with E-state index >= 15 is 0 Å². The SMILES string of the molecule is COc1nccc(-n2c(=O)cc[nH]c2=S)n1. The van der Waals surface area contributed by atoms with E-state index in [0.717, 1.165) is 0 Å². The molecule has 0 saturated carbocycles. The molecule has 0 atom stereocenters. The van der Waals surface area contributed by atoms with Crippen LogP contribution in [0.15, 0.2) is 29.3 Å². The third kappa shape index (κ3) is 1.84. The van der Waals surface area contributed by atoms with Gasteiger partial charge in [0.15, 0.2) is 4.77 Å². The summed E-state index contributed by atoms with van der Waals surface area (Å²) in [6.07, 6.45) is 2.98. The Morgan fingerprint density at radius 2 is 2.31 bits per heavy atom. The van der Waals surface area contributed by atoms with E-state index in [0.29, 0.717) is 5.82 Å². The van der Waals surface area contributed by atoms with Crippen molar-refractivity contribution in [3.63, 3.8) is 0 Å². The van der Waals surface area contributed by atoms with Crippen LogP contribution in [-0.4, -0.2) is 26.6 Å². The number of hydrogen-bond donors (Lipinski definition) is 1. The minimum atomic E-state index is -0.260. The van der Waals surface area contributed by atoms with E-state index in [1.165, 1.54) is 30.1 Å². The molecule has 0 aliphatic rings. The van der Waals surface area contributed by atoms with E-state index in [9.17, 15) is 4.79 Å². The fourth-order valence-corrected chi connectivity index (χ4v) is 1.45. The van der Waals surface area contributed by atoms with Crippen LogP contribution in [0.4, 0.5) is 0 Å². The van der Waals surface area contributed by atoms with Crippen molar-refractivity contribution < 1.29 is 4.74 Å². The number of ether oxygens (including phenoxy) is 1. The average molecular weight is 236 g/mol. The highest BCUT2D eigenvalue weighted by Gasteiger charge is 2.04. The van der Waals surface area contributed by atoms with Gasteiger partial charge in [0, 0.05) is 24.5 Å². The Balaban J connectivity index is 2.68. The summed E-state index contributed by atoms with van der Waals surface area (Å²) in [5.41, 5.74) is -0.260. The first-order chi connectivity index (χ1) is 7.72. The van der Waals surface area contributed by atoms with Crippen LogP contribution in [0.2, 0.25) is 0 Å². The van der Waals surface area contributed by atoms with E-state index < -0.39 is 0 Å². The van der Waals surface area contributed by atoms with Gasteiger partial charge in [-0.1, -0.05) is 0 Å². The number of H-pyrrole nitrogens is 1. The van der Waals surface area contributed by atoms with Crippen LogP contribution in [0.3, 0.4) is 0 Å². The Labute approximate surface area is 95.6 Å². The van der Waals surface area contributed by atoms with Crippen LogP contribution >= 0.6 is 12.2 Å². The lowest BCUT2D eigenvalue weighted by atomic mass is 10.5. The lowest BCUT2D eigenvalue weighted by Crippen LogP contribution is -2.19. The molecule has 82 valence electrons. The molecule has 2 aromatic rings. The molecule has 0 spiro atoms. The minimum Gasteiger partial charge on any atom is -0.467 e. The van der Waals surface area contributed by atoms with Gasteiger partial charge in [-0.15, -0.1) is 0 Å². The maximum Gasteiger partial charge on any atom is 0.318 e. The van der Waals surface area contributed by atoms with E-state index in [2.05, 4.69) is 15.0 Å². The van der Waals surface area contributed by atoms with Gasteiger partial charge in [-0.3, -0.25) is 4.79 Å². The van der Waals surface area contributed by atoms with Gasteiger partial charge in [-0.25, -0.2) is 9.55 Å². The Hall–Kier alpha value is -2.02. The van der Waals surface area contributed by atoms with Crippen molar-refractivity contribution >= 4 is 12.2 Å². The van der Waals surface area contributed by atoms with Gasteiger partial charge >= 0.3 is 6.01 Å². The van der Waals surface area contributed by atoms with Crippen LogP contribution < -0.4 is 10.3 Å². The molecule has 0 aliphatic carbocycles. The van der Waals surface area contributed by atoms with Gasteiger partial charge in [0.1, 0.15) is 5.82 Å². The van der Waals surface area contributed by atoms with Crippen molar-refractivity contribution in [1.29, 1.82) is 0 Å². The lowest BCUT2D eigenvalue weighted by Gasteiger charge is -2.04. The van der Waals surface area contributed by atoms with Crippen LogP contribution in [0.1, 0.15) is 0 Å². The third-order valence-corrected chi connectivity index (χ3v) is 2.19. The average Bonchev–Trinajstić information content (AvgIpc) is 2.29. The number of nitrogens with one attached hydrogen (secondary N) is 1. The second kappa shape index (κ2) is 4.23. The second-order valence-corrected chi connectivity index (χ2v) is 3.24. The number of aromatic nitrogens is 4. The molecule has 16 heavy (non-hydrogen) atoms. The Bertz CT molecular complexity index is 591. The molecule has 7 heteroatoms. The largest absolute Gasteiger partial charge is 0.467 e. The zero-order chi connectivity index (χ0) is 11.5. The van der Waals surface area contributed by atoms with E-state index in [1.54, 1.807) is 6.07 Å². The van der Waals surface area contributed by atoms with E-state index in [4.69, 9.17) is 17.0 Å². The van der Waals surface area contributed by atoms with Crippen molar-refractivity contribution in [3.8, 4) is 11.8 Å². The molecule has 1 N–H and O–H groups in total. The molecular weight excluding hydrogens is 228 g/mol. The smallest absolute Gasteiger partial charge is 0.318 e. The summed E-state index contributed by atoms with van der Waals surface area (Å²) in [6, 6.07) is 3.13. The topological polar surface area (TPSA) is 72.8 Å². The number of rotatable bonds is 2. The monoisotopic (exact) mass is 236 g/mol. The normalized spacial score (nSPS) is 10.1. The molecule has 0 unspecified atom stereocenters. The molecule has 0 aliphatic heterocycles.